The van der Waals surface area contributed by atoms with E-state index in [1.54, 1.807) is 0 Å². The van der Waals surface area contributed by atoms with Crippen molar-refractivity contribution in [3.05, 3.63) is 35.9 Å². The van der Waals surface area contributed by atoms with Crippen LogP contribution in [-0.4, -0.2) is 32.2 Å². The van der Waals surface area contributed by atoms with Crippen LogP contribution in [-0.2, 0) is 16.0 Å². The van der Waals surface area contributed by atoms with Gasteiger partial charge < -0.3 is 15.4 Å². The number of carbonyl (C=O) groups is 2. The van der Waals surface area contributed by atoms with Gasteiger partial charge in [0.05, 0.1) is 7.11 Å². The number of esters is 1. The predicted octanol–water partition coefficient (Wildman–Crippen LogP) is 1.09. The van der Waals surface area contributed by atoms with Crippen molar-refractivity contribution in [2.75, 3.05) is 20.2 Å². The zero-order valence-corrected chi connectivity index (χ0v) is 10.4. The van der Waals surface area contributed by atoms with E-state index < -0.39 is 5.97 Å². The summed E-state index contributed by atoms with van der Waals surface area (Å²) in [6, 6.07) is 9.71. The largest absolute Gasteiger partial charge is 0.468 e. The van der Waals surface area contributed by atoms with Crippen LogP contribution in [0.4, 0.5) is 4.79 Å². The summed E-state index contributed by atoms with van der Waals surface area (Å²) in [6.07, 6.45) is 1.77. The van der Waals surface area contributed by atoms with Crippen molar-refractivity contribution in [3.8, 4) is 0 Å². The van der Waals surface area contributed by atoms with Crippen LogP contribution in [0.15, 0.2) is 30.3 Å². The first-order chi connectivity index (χ1) is 8.72. The van der Waals surface area contributed by atoms with Gasteiger partial charge in [-0.3, -0.25) is 4.79 Å². The van der Waals surface area contributed by atoms with Crippen LogP contribution in [0, 0.1) is 0 Å². The van der Waals surface area contributed by atoms with Crippen LogP contribution in [0.5, 0.6) is 0 Å². The van der Waals surface area contributed by atoms with Crippen LogP contribution >= 0.6 is 0 Å². The molecular weight excluding hydrogens is 232 g/mol. The van der Waals surface area contributed by atoms with E-state index in [9.17, 15) is 9.59 Å². The summed E-state index contributed by atoms with van der Waals surface area (Å²) in [4.78, 5) is 22.0. The highest BCUT2D eigenvalue weighted by Gasteiger charge is 2.03. The van der Waals surface area contributed by atoms with Gasteiger partial charge in [-0.1, -0.05) is 30.3 Å². The van der Waals surface area contributed by atoms with Gasteiger partial charge in [0.25, 0.3) is 0 Å². The van der Waals surface area contributed by atoms with Gasteiger partial charge in [-0.2, -0.15) is 0 Å². The minimum Gasteiger partial charge on any atom is -0.468 e. The van der Waals surface area contributed by atoms with Crippen molar-refractivity contribution < 1.29 is 14.3 Å². The van der Waals surface area contributed by atoms with Crippen LogP contribution < -0.4 is 10.6 Å². The molecule has 0 saturated carbocycles. The minimum atomic E-state index is -0.463. The molecule has 98 valence electrons. The van der Waals surface area contributed by atoms with E-state index in [1.807, 2.05) is 18.2 Å². The van der Waals surface area contributed by atoms with Gasteiger partial charge in [-0.05, 0) is 18.4 Å². The lowest BCUT2D eigenvalue weighted by Crippen LogP contribution is -2.39. The molecule has 0 atom stereocenters. The van der Waals surface area contributed by atoms with Gasteiger partial charge in [0, 0.05) is 6.54 Å². The zero-order chi connectivity index (χ0) is 13.2. The molecule has 0 spiro atoms. The van der Waals surface area contributed by atoms with Gasteiger partial charge in [0.15, 0.2) is 0 Å². The molecule has 0 aromatic heterocycles. The molecule has 0 heterocycles. The number of hydrogen-bond acceptors (Lipinski definition) is 3. The van der Waals surface area contributed by atoms with Crippen LogP contribution in [0.1, 0.15) is 12.0 Å². The molecule has 0 aliphatic heterocycles. The third kappa shape index (κ3) is 5.89. The van der Waals surface area contributed by atoms with Crippen molar-refractivity contribution >= 4 is 12.0 Å². The lowest BCUT2D eigenvalue weighted by Gasteiger charge is -2.06. The van der Waals surface area contributed by atoms with Crippen molar-refractivity contribution in [1.29, 1.82) is 0 Å². The Morgan fingerprint density at radius 3 is 2.56 bits per heavy atom. The van der Waals surface area contributed by atoms with E-state index >= 15 is 0 Å². The molecule has 2 N–H and O–H groups in total. The highest BCUT2D eigenvalue weighted by molar-refractivity contribution is 5.80. The van der Waals surface area contributed by atoms with Crippen molar-refractivity contribution in [2.45, 2.75) is 12.8 Å². The number of benzene rings is 1. The average molecular weight is 250 g/mol. The number of methoxy groups -OCH3 is 1. The van der Waals surface area contributed by atoms with Gasteiger partial charge in [0.2, 0.25) is 0 Å². The number of hydrogen-bond donors (Lipinski definition) is 2. The fourth-order valence-electron chi connectivity index (χ4n) is 1.43. The predicted molar refractivity (Wildman–Crippen MR) is 68.2 cm³/mol. The standard InChI is InChI=1S/C13H18N2O3/c1-18-12(16)10-15-13(17)14-9-5-8-11-6-3-2-4-7-11/h2-4,6-7H,5,8-10H2,1H3,(H2,14,15,17). The first-order valence-corrected chi connectivity index (χ1v) is 5.85. The second-order valence-corrected chi connectivity index (χ2v) is 3.77. The fraction of sp³-hybridized carbons (Fsp3) is 0.385. The van der Waals surface area contributed by atoms with Crippen LogP contribution in [0.3, 0.4) is 0 Å². The Morgan fingerprint density at radius 1 is 1.17 bits per heavy atom. The lowest BCUT2D eigenvalue weighted by atomic mass is 10.1. The molecule has 5 heteroatoms. The number of rotatable bonds is 6. The van der Waals surface area contributed by atoms with Gasteiger partial charge in [0.1, 0.15) is 6.54 Å². The molecular formula is C13H18N2O3. The molecule has 0 bridgehead atoms. The second kappa shape index (κ2) is 8.11. The molecule has 0 aliphatic rings. The maximum absolute atomic E-state index is 11.2. The normalized spacial score (nSPS) is 9.61. The Bertz CT molecular complexity index is 379. The zero-order valence-electron chi connectivity index (χ0n) is 10.4. The third-order valence-electron chi connectivity index (χ3n) is 2.39. The van der Waals surface area contributed by atoms with Crippen LogP contribution in [0.2, 0.25) is 0 Å². The molecule has 0 unspecified atom stereocenters. The quantitative estimate of drug-likeness (QED) is 0.586. The number of urea groups is 1. The highest BCUT2D eigenvalue weighted by atomic mass is 16.5. The molecule has 0 radical (unpaired) electrons. The summed E-state index contributed by atoms with van der Waals surface area (Å²) in [7, 11) is 1.28. The van der Waals surface area contributed by atoms with Gasteiger partial charge >= 0.3 is 12.0 Å². The van der Waals surface area contributed by atoms with E-state index in [1.165, 1.54) is 12.7 Å². The molecule has 1 aromatic carbocycles. The smallest absolute Gasteiger partial charge is 0.325 e. The lowest BCUT2D eigenvalue weighted by molar-refractivity contribution is -0.139. The number of carbonyl (C=O) groups excluding carboxylic acids is 2. The number of aryl methyl sites for hydroxylation is 1. The second-order valence-electron chi connectivity index (χ2n) is 3.77. The Hall–Kier alpha value is -2.04. The van der Waals surface area contributed by atoms with E-state index in [4.69, 9.17) is 0 Å². The number of amides is 2. The minimum absolute atomic E-state index is 0.110. The molecule has 1 rings (SSSR count). The average Bonchev–Trinajstić information content (AvgIpc) is 2.42. The Morgan fingerprint density at radius 2 is 1.89 bits per heavy atom. The maximum atomic E-state index is 11.2. The van der Waals surface area contributed by atoms with Crippen molar-refractivity contribution in [1.82, 2.24) is 10.6 Å². The van der Waals surface area contributed by atoms with Crippen molar-refractivity contribution in [2.24, 2.45) is 0 Å². The van der Waals surface area contributed by atoms with E-state index in [-0.39, 0.29) is 12.6 Å². The van der Waals surface area contributed by atoms with Gasteiger partial charge in [-0.25, -0.2) is 4.79 Å². The van der Waals surface area contributed by atoms with Gasteiger partial charge in [-0.15, -0.1) is 0 Å². The summed E-state index contributed by atoms with van der Waals surface area (Å²) in [5.74, 6) is -0.463. The molecule has 0 saturated heterocycles. The Balaban J connectivity index is 2.07. The maximum Gasteiger partial charge on any atom is 0.325 e. The molecule has 1 aromatic rings. The SMILES string of the molecule is COC(=O)CNC(=O)NCCCc1ccccc1. The summed E-state index contributed by atoms with van der Waals surface area (Å²) in [6.45, 7) is 0.461. The summed E-state index contributed by atoms with van der Waals surface area (Å²) in [5.41, 5.74) is 1.24. The summed E-state index contributed by atoms with van der Waals surface area (Å²) < 4.78 is 4.40. The van der Waals surface area contributed by atoms with E-state index in [0.29, 0.717) is 6.54 Å². The molecule has 0 aliphatic carbocycles. The fourth-order valence-corrected chi connectivity index (χ4v) is 1.43. The first-order valence-electron chi connectivity index (χ1n) is 5.85. The number of nitrogens with one attached hydrogen (secondary N) is 2. The summed E-state index contributed by atoms with van der Waals surface area (Å²) in [5, 5.41) is 5.08. The monoisotopic (exact) mass is 250 g/mol. The van der Waals surface area contributed by atoms with Crippen LogP contribution in [0.25, 0.3) is 0 Å². The topological polar surface area (TPSA) is 67.4 Å². The molecule has 0 fully saturated rings. The number of ether oxygens (including phenoxy) is 1. The summed E-state index contributed by atoms with van der Waals surface area (Å²) >= 11 is 0. The molecule has 2 amide bonds. The molecule has 5 nitrogen and oxygen atoms in total. The third-order valence-corrected chi connectivity index (χ3v) is 2.39. The Labute approximate surface area is 107 Å². The Kier molecular flexibility index (Phi) is 6.32. The highest BCUT2D eigenvalue weighted by Crippen LogP contribution is 2.01. The van der Waals surface area contributed by atoms with E-state index in [2.05, 4.69) is 27.5 Å². The van der Waals surface area contributed by atoms with Crippen molar-refractivity contribution in [3.63, 3.8) is 0 Å². The van der Waals surface area contributed by atoms with E-state index in [0.717, 1.165) is 12.8 Å². The first kappa shape index (κ1) is 14.0. The molecule has 18 heavy (non-hydrogen) atoms.